The average Bonchev–Trinajstić information content (AvgIpc) is 2.77. The van der Waals surface area contributed by atoms with E-state index in [0.717, 1.165) is 0 Å². The molecule has 180 valence electrons. The lowest BCUT2D eigenvalue weighted by Crippen LogP contribution is -2.50. The van der Waals surface area contributed by atoms with Crippen LogP contribution in [0.15, 0.2) is 6.07 Å². The molecule has 0 bridgehead atoms. The number of unbranched alkanes of at least 4 members (excludes halogenated alkanes) is 1. The fourth-order valence-corrected chi connectivity index (χ4v) is 4.99. The van der Waals surface area contributed by atoms with Crippen LogP contribution in [0.4, 0.5) is 27.7 Å². The van der Waals surface area contributed by atoms with E-state index in [9.17, 15) is 36.4 Å². The van der Waals surface area contributed by atoms with Gasteiger partial charge in [0, 0.05) is 25.3 Å². The zero-order valence-corrected chi connectivity index (χ0v) is 18.8. The molecule has 0 N–H and O–H groups in total. The average molecular weight is 485 g/mol. The molecule has 0 aliphatic heterocycles. The highest BCUT2D eigenvalue weighted by molar-refractivity contribution is 6.65. The van der Waals surface area contributed by atoms with Crippen molar-refractivity contribution in [3.8, 4) is 0 Å². The Hall–Kier alpha value is -2.70. The van der Waals surface area contributed by atoms with Gasteiger partial charge in [-0.15, -0.1) is 0 Å². The Morgan fingerprint density at radius 2 is 1.28 bits per heavy atom. The molecule has 0 spiro atoms. The third kappa shape index (κ3) is 7.46. The summed E-state index contributed by atoms with van der Waals surface area (Å²) in [6, 6.07) is -0.0828. The first-order valence-corrected chi connectivity index (χ1v) is 11.8. The third-order valence-corrected chi connectivity index (χ3v) is 6.69. The van der Waals surface area contributed by atoms with Crippen LogP contribution in [0.3, 0.4) is 0 Å². The van der Waals surface area contributed by atoms with Crippen molar-refractivity contribution in [1.82, 2.24) is 0 Å². The Kier molecular flexibility index (Phi) is 10.6. The van der Waals surface area contributed by atoms with E-state index in [1.807, 2.05) is 0 Å². The standard InChI is InChI=1S/C19H24F5NO6Si/c1-4-14(26)29-32(30-15(27)5-2,31-16(28)6-3)10-8-7-9-25(24)13-11-12(20)17(21)19(23)18(13)22/h11H,4-10H2,1-3H3. The van der Waals surface area contributed by atoms with Crippen LogP contribution in [0.5, 0.6) is 0 Å². The van der Waals surface area contributed by atoms with Crippen molar-refractivity contribution in [1.29, 1.82) is 0 Å². The summed E-state index contributed by atoms with van der Waals surface area (Å²) in [4.78, 5) is 35.5. The topological polar surface area (TPSA) is 82.1 Å². The molecule has 0 aromatic heterocycles. The van der Waals surface area contributed by atoms with Gasteiger partial charge < -0.3 is 13.3 Å². The molecule has 0 radical (unpaired) electrons. The van der Waals surface area contributed by atoms with Crippen molar-refractivity contribution in [3.05, 3.63) is 29.3 Å². The smallest absolute Gasteiger partial charge is 0.455 e. The lowest BCUT2D eigenvalue weighted by atomic mass is 10.2. The maximum absolute atomic E-state index is 14.2. The summed E-state index contributed by atoms with van der Waals surface area (Å²) < 4.78 is 83.1. The number of benzene rings is 1. The van der Waals surface area contributed by atoms with Crippen molar-refractivity contribution in [2.45, 2.75) is 58.9 Å². The van der Waals surface area contributed by atoms with Crippen LogP contribution < -0.4 is 5.12 Å². The quantitative estimate of drug-likeness (QED) is 0.108. The van der Waals surface area contributed by atoms with Gasteiger partial charge >= 0.3 is 8.80 Å². The van der Waals surface area contributed by atoms with Gasteiger partial charge in [0.25, 0.3) is 17.9 Å². The van der Waals surface area contributed by atoms with Gasteiger partial charge in [0.05, 0.1) is 12.6 Å². The van der Waals surface area contributed by atoms with Gasteiger partial charge in [0.2, 0.25) is 0 Å². The minimum atomic E-state index is -4.17. The first-order chi connectivity index (χ1) is 15.0. The van der Waals surface area contributed by atoms with Crippen LogP contribution in [0.25, 0.3) is 0 Å². The van der Waals surface area contributed by atoms with Crippen LogP contribution in [0, 0.1) is 23.3 Å². The molecule has 0 heterocycles. The number of hydrogen-bond acceptors (Lipinski definition) is 7. The van der Waals surface area contributed by atoms with E-state index in [0.29, 0.717) is 0 Å². The Morgan fingerprint density at radius 1 is 0.812 bits per heavy atom. The second-order valence-electron chi connectivity index (χ2n) is 6.53. The minimum Gasteiger partial charge on any atom is -0.455 e. The lowest BCUT2D eigenvalue weighted by molar-refractivity contribution is -0.150. The Morgan fingerprint density at radius 3 is 1.72 bits per heavy atom. The molecule has 1 aromatic carbocycles. The summed E-state index contributed by atoms with van der Waals surface area (Å²) in [5.41, 5.74) is -1.14. The molecule has 13 heteroatoms. The van der Waals surface area contributed by atoms with E-state index in [2.05, 4.69) is 0 Å². The molecule has 0 aliphatic rings. The second-order valence-corrected chi connectivity index (χ2v) is 9.01. The first-order valence-electron chi connectivity index (χ1n) is 9.91. The van der Waals surface area contributed by atoms with Crippen molar-refractivity contribution >= 4 is 32.4 Å². The predicted octanol–water partition coefficient (Wildman–Crippen LogP) is 4.51. The highest BCUT2D eigenvalue weighted by atomic mass is 28.4. The highest BCUT2D eigenvalue weighted by Gasteiger charge is 2.52. The molecular formula is C19H24F5NO6Si. The Labute approximate surface area is 182 Å². The van der Waals surface area contributed by atoms with Crippen LogP contribution >= 0.6 is 0 Å². The molecule has 1 rings (SSSR count). The third-order valence-electron chi connectivity index (χ3n) is 4.11. The van der Waals surface area contributed by atoms with E-state index in [1.165, 1.54) is 20.8 Å². The molecule has 0 saturated carbocycles. The van der Waals surface area contributed by atoms with Gasteiger partial charge in [-0.2, -0.15) is 0 Å². The van der Waals surface area contributed by atoms with Crippen LogP contribution in [0.1, 0.15) is 52.9 Å². The minimum absolute atomic E-state index is 0.0363. The normalized spacial score (nSPS) is 11.1. The van der Waals surface area contributed by atoms with Crippen molar-refractivity contribution in [2.75, 3.05) is 11.7 Å². The van der Waals surface area contributed by atoms with Gasteiger partial charge in [-0.1, -0.05) is 25.3 Å². The molecule has 0 amide bonds. The van der Waals surface area contributed by atoms with Crippen LogP contribution in [0.2, 0.25) is 6.04 Å². The second kappa shape index (κ2) is 12.4. The van der Waals surface area contributed by atoms with Crippen molar-refractivity contribution < 1.29 is 49.7 Å². The fourth-order valence-electron chi connectivity index (χ4n) is 2.40. The first kappa shape index (κ1) is 27.3. The fraction of sp³-hybridized carbons (Fsp3) is 0.526. The predicted molar refractivity (Wildman–Crippen MR) is 104 cm³/mol. The van der Waals surface area contributed by atoms with Gasteiger partial charge in [0.15, 0.2) is 23.3 Å². The molecule has 7 nitrogen and oxygen atoms in total. The van der Waals surface area contributed by atoms with Crippen molar-refractivity contribution in [2.24, 2.45) is 0 Å². The van der Waals surface area contributed by atoms with E-state index in [1.54, 1.807) is 0 Å². The molecule has 0 unspecified atom stereocenters. The van der Waals surface area contributed by atoms with E-state index in [-0.39, 0.29) is 49.3 Å². The summed E-state index contributed by atoms with van der Waals surface area (Å²) in [6.07, 6.45) is -0.447. The molecule has 0 saturated heterocycles. The zero-order chi connectivity index (χ0) is 24.5. The number of rotatable bonds is 12. The maximum Gasteiger partial charge on any atom is 0.705 e. The summed E-state index contributed by atoms with van der Waals surface area (Å²) >= 11 is 0. The Balaban J connectivity index is 2.93. The molecule has 0 fully saturated rings. The van der Waals surface area contributed by atoms with E-state index < -0.39 is 62.2 Å². The summed E-state index contributed by atoms with van der Waals surface area (Å²) in [5, 5.41) is -0.321. The largest absolute Gasteiger partial charge is 0.705 e. The number of carbonyl (C=O) groups is 3. The summed E-state index contributed by atoms with van der Waals surface area (Å²) in [6.45, 7) is 3.82. The molecule has 0 atom stereocenters. The number of carbonyl (C=O) groups excluding carboxylic acids is 3. The number of halogens is 5. The van der Waals surface area contributed by atoms with E-state index >= 15 is 0 Å². The molecule has 32 heavy (non-hydrogen) atoms. The SMILES string of the molecule is CCC(=O)O[Si](CCCCN(F)c1cc(F)c(F)c(F)c1F)(OC(=O)CC)OC(=O)CC. The monoisotopic (exact) mass is 485 g/mol. The number of hydrogen-bond donors (Lipinski definition) is 0. The van der Waals surface area contributed by atoms with Gasteiger partial charge in [-0.05, 0) is 12.8 Å². The highest BCUT2D eigenvalue weighted by Crippen LogP contribution is 2.27. The zero-order valence-electron chi connectivity index (χ0n) is 17.8. The summed E-state index contributed by atoms with van der Waals surface area (Å²) in [5.74, 6) is -10.2. The van der Waals surface area contributed by atoms with Gasteiger partial charge in [-0.3, -0.25) is 14.4 Å². The van der Waals surface area contributed by atoms with Gasteiger partial charge in [0.1, 0.15) is 5.69 Å². The Bertz CT molecular complexity index is 795. The molecule has 1 aromatic rings. The maximum atomic E-state index is 14.2. The summed E-state index contributed by atoms with van der Waals surface area (Å²) in [7, 11) is -4.17. The lowest BCUT2D eigenvalue weighted by Gasteiger charge is -2.27. The van der Waals surface area contributed by atoms with Crippen LogP contribution in [-0.4, -0.2) is 33.3 Å². The van der Waals surface area contributed by atoms with Crippen LogP contribution in [-0.2, 0) is 27.7 Å². The van der Waals surface area contributed by atoms with Crippen molar-refractivity contribution in [3.63, 3.8) is 0 Å². The molecular weight excluding hydrogens is 461 g/mol. The molecule has 0 aliphatic carbocycles. The van der Waals surface area contributed by atoms with E-state index in [4.69, 9.17) is 13.3 Å². The number of nitrogens with zero attached hydrogens (tertiary/aromatic N) is 1. The number of anilines is 1. The van der Waals surface area contributed by atoms with Gasteiger partial charge in [-0.25, -0.2) is 22.7 Å².